The van der Waals surface area contributed by atoms with Crippen molar-refractivity contribution in [3.63, 3.8) is 0 Å². The predicted molar refractivity (Wildman–Crippen MR) is 78.1 cm³/mol. The Morgan fingerprint density at radius 3 is 2.57 bits per heavy atom. The van der Waals surface area contributed by atoms with Gasteiger partial charge in [-0.25, -0.2) is 4.79 Å². The van der Waals surface area contributed by atoms with E-state index in [0.29, 0.717) is 6.54 Å². The molecule has 3 N–H and O–H groups in total. The fraction of sp³-hybridized carbons (Fsp3) is 0.867. The van der Waals surface area contributed by atoms with E-state index in [1.807, 2.05) is 0 Å². The van der Waals surface area contributed by atoms with Gasteiger partial charge < -0.3 is 20.5 Å². The Hall–Kier alpha value is -1.30. The largest absolute Gasteiger partial charge is 0.481 e. The number of rotatable bonds is 5. The Morgan fingerprint density at radius 2 is 2.00 bits per heavy atom. The Bertz CT molecular complexity index is 406. The molecule has 6 nitrogen and oxygen atoms in total. The van der Waals surface area contributed by atoms with E-state index >= 15 is 0 Å². The summed E-state index contributed by atoms with van der Waals surface area (Å²) in [5.74, 6) is -0.939. The maximum absolute atomic E-state index is 12.1. The monoisotopic (exact) mass is 298 g/mol. The predicted octanol–water partition coefficient (Wildman–Crippen LogP) is 1.75. The van der Waals surface area contributed by atoms with Gasteiger partial charge in [-0.2, -0.15) is 0 Å². The lowest BCUT2D eigenvalue weighted by atomic mass is 9.83. The van der Waals surface area contributed by atoms with Crippen molar-refractivity contribution in [2.45, 2.75) is 52.0 Å². The number of hydrogen-bond acceptors (Lipinski definition) is 3. The maximum atomic E-state index is 12.1. The molecule has 2 unspecified atom stereocenters. The molecule has 2 aliphatic rings. The number of urea groups is 1. The van der Waals surface area contributed by atoms with Crippen LogP contribution in [0.15, 0.2) is 0 Å². The third-order valence-corrected chi connectivity index (χ3v) is 5.29. The van der Waals surface area contributed by atoms with Gasteiger partial charge in [-0.05, 0) is 31.6 Å². The standard InChI is InChI=1S/C15H26N2O4/c1-3-15(6-4-5-7-15)9-16-13(20)17-11-8-21-10-14(11,2)12(18)19/h11H,3-10H2,1-2H3,(H,18,19)(H2,16,17,20). The van der Waals surface area contributed by atoms with Gasteiger partial charge in [0.05, 0.1) is 19.3 Å². The molecular formula is C15H26N2O4. The molecule has 0 aromatic heterocycles. The van der Waals surface area contributed by atoms with E-state index in [4.69, 9.17) is 4.74 Å². The van der Waals surface area contributed by atoms with Crippen molar-refractivity contribution in [3.8, 4) is 0 Å². The molecule has 21 heavy (non-hydrogen) atoms. The molecular weight excluding hydrogens is 272 g/mol. The quantitative estimate of drug-likeness (QED) is 0.721. The van der Waals surface area contributed by atoms with Gasteiger partial charge in [-0.1, -0.05) is 19.8 Å². The van der Waals surface area contributed by atoms with Crippen molar-refractivity contribution in [1.29, 1.82) is 0 Å². The Labute approximate surface area is 125 Å². The molecule has 0 radical (unpaired) electrons. The lowest BCUT2D eigenvalue weighted by Gasteiger charge is -2.29. The van der Waals surface area contributed by atoms with Crippen LogP contribution in [0.4, 0.5) is 4.79 Å². The first-order chi connectivity index (χ1) is 9.92. The number of carbonyl (C=O) groups excluding carboxylic acids is 1. The van der Waals surface area contributed by atoms with Gasteiger partial charge in [0, 0.05) is 6.54 Å². The van der Waals surface area contributed by atoms with E-state index in [-0.39, 0.29) is 24.7 Å². The second-order valence-corrected chi connectivity index (χ2v) is 6.68. The minimum atomic E-state index is -1.05. The summed E-state index contributed by atoms with van der Waals surface area (Å²) in [4.78, 5) is 23.4. The zero-order valence-corrected chi connectivity index (χ0v) is 12.9. The van der Waals surface area contributed by atoms with Crippen LogP contribution in [0.2, 0.25) is 0 Å². The second-order valence-electron chi connectivity index (χ2n) is 6.68. The summed E-state index contributed by atoms with van der Waals surface area (Å²) in [6.07, 6.45) is 5.83. The molecule has 0 aromatic carbocycles. The highest BCUT2D eigenvalue weighted by atomic mass is 16.5. The van der Waals surface area contributed by atoms with E-state index < -0.39 is 17.4 Å². The van der Waals surface area contributed by atoms with Crippen LogP contribution < -0.4 is 10.6 Å². The topological polar surface area (TPSA) is 87.7 Å². The summed E-state index contributed by atoms with van der Waals surface area (Å²) < 4.78 is 5.23. The van der Waals surface area contributed by atoms with Gasteiger partial charge in [0.15, 0.2) is 0 Å². The Kier molecular flexibility index (Phi) is 4.76. The number of aliphatic carboxylic acids is 1. The van der Waals surface area contributed by atoms with E-state index in [9.17, 15) is 14.7 Å². The lowest BCUT2D eigenvalue weighted by molar-refractivity contribution is -0.148. The molecule has 2 atom stereocenters. The maximum Gasteiger partial charge on any atom is 0.315 e. The van der Waals surface area contributed by atoms with E-state index in [1.54, 1.807) is 6.92 Å². The van der Waals surface area contributed by atoms with Crippen LogP contribution in [-0.2, 0) is 9.53 Å². The summed E-state index contributed by atoms with van der Waals surface area (Å²) in [6.45, 7) is 4.81. The summed E-state index contributed by atoms with van der Waals surface area (Å²) in [5, 5.41) is 15.0. The highest BCUT2D eigenvalue weighted by molar-refractivity contribution is 5.79. The molecule has 2 rings (SSSR count). The first kappa shape index (κ1) is 16.1. The zero-order chi connectivity index (χ0) is 15.5. The molecule has 1 saturated carbocycles. The fourth-order valence-corrected chi connectivity index (χ4v) is 3.34. The second kappa shape index (κ2) is 6.22. The van der Waals surface area contributed by atoms with Gasteiger partial charge in [-0.3, -0.25) is 4.79 Å². The van der Waals surface area contributed by atoms with Gasteiger partial charge in [-0.15, -0.1) is 0 Å². The third kappa shape index (κ3) is 3.31. The summed E-state index contributed by atoms with van der Waals surface area (Å²) in [5.41, 5.74) is -0.827. The van der Waals surface area contributed by atoms with Gasteiger partial charge in [0.1, 0.15) is 5.41 Å². The molecule has 1 heterocycles. The molecule has 0 aromatic rings. The molecule has 2 fully saturated rings. The first-order valence-corrected chi connectivity index (χ1v) is 7.77. The molecule has 0 bridgehead atoms. The molecule has 2 amide bonds. The highest BCUT2D eigenvalue weighted by Crippen LogP contribution is 2.40. The summed E-state index contributed by atoms with van der Waals surface area (Å²) in [7, 11) is 0. The van der Waals surface area contributed by atoms with E-state index in [1.165, 1.54) is 12.8 Å². The van der Waals surface area contributed by atoms with Crippen molar-refractivity contribution in [2.75, 3.05) is 19.8 Å². The third-order valence-electron chi connectivity index (χ3n) is 5.29. The van der Waals surface area contributed by atoms with Crippen molar-refractivity contribution in [1.82, 2.24) is 10.6 Å². The van der Waals surface area contributed by atoms with Crippen LogP contribution in [0.3, 0.4) is 0 Å². The fourth-order valence-electron chi connectivity index (χ4n) is 3.34. The van der Waals surface area contributed by atoms with E-state index in [0.717, 1.165) is 19.3 Å². The van der Waals surface area contributed by atoms with Gasteiger partial charge in [0.25, 0.3) is 0 Å². The van der Waals surface area contributed by atoms with Crippen molar-refractivity contribution >= 4 is 12.0 Å². The smallest absolute Gasteiger partial charge is 0.315 e. The lowest BCUT2D eigenvalue weighted by Crippen LogP contribution is -2.53. The van der Waals surface area contributed by atoms with Crippen LogP contribution in [0.25, 0.3) is 0 Å². The van der Waals surface area contributed by atoms with Gasteiger partial charge in [0.2, 0.25) is 0 Å². The van der Waals surface area contributed by atoms with Crippen LogP contribution >= 0.6 is 0 Å². The van der Waals surface area contributed by atoms with E-state index in [2.05, 4.69) is 17.6 Å². The summed E-state index contributed by atoms with van der Waals surface area (Å²) in [6, 6.07) is -0.783. The molecule has 1 aliphatic heterocycles. The van der Waals surface area contributed by atoms with Crippen LogP contribution in [-0.4, -0.2) is 42.9 Å². The molecule has 1 saturated heterocycles. The summed E-state index contributed by atoms with van der Waals surface area (Å²) >= 11 is 0. The average Bonchev–Trinajstić information content (AvgIpc) is 3.06. The number of carboxylic acid groups (broad SMARTS) is 1. The number of ether oxygens (including phenoxy) is 1. The number of amides is 2. The van der Waals surface area contributed by atoms with Crippen LogP contribution in [0, 0.1) is 10.8 Å². The number of nitrogens with one attached hydrogen (secondary N) is 2. The Balaban J connectivity index is 1.86. The highest BCUT2D eigenvalue weighted by Gasteiger charge is 2.47. The van der Waals surface area contributed by atoms with Crippen LogP contribution in [0.5, 0.6) is 0 Å². The zero-order valence-electron chi connectivity index (χ0n) is 12.9. The van der Waals surface area contributed by atoms with Gasteiger partial charge >= 0.3 is 12.0 Å². The van der Waals surface area contributed by atoms with Crippen LogP contribution in [0.1, 0.15) is 46.0 Å². The van der Waals surface area contributed by atoms with Crippen molar-refractivity contribution < 1.29 is 19.4 Å². The Morgan fingerprint density at radius 1 is 1.33 bits per heavy atom. The number of carboxylic acids is 1. The minimum Gasteiger partial charge on any atom is -0.481 e. The van der Waals surface area contributed by atoms with Crippen molar-refractivity contribution in [3.05, 3.63) is 0 Å². The normalized spacial score (nSPS) is 31.0. The number of carbonyl (C=O) groups is 2. The SMILES string of the molecule is CCC1(CNC(=O)NC2COCC2(C)C(=O)O)CCCC1. The molecule has 1 aliphatic carbocycles. The average molecular weight is 298 g/mol. The molecule has 6 heteroatoms. The first-order valence-electron chi connectivity index (χ1n) is 7.77. The number of hydrogen-bond donors (Lipinski definition) is 3. The van der Waals surface area contributed by atoms with Crippen molar-refractivity contribution in [2.24, 2.45) is 10.8 Å². The molecule has 120 valence electrons. The minimum absolute atomic E-state index is 0.131. The molecule has 0 spiro atoms.